The third kappa shape index (κ3) is 2.56. The minimum atomic E-state index is 0.614. The molecular formula is C15H13BrN2O2S. The van der Waals surface area contributed by atoms with Gasteiger partial charge in [0.25, 0.3) is 0 Å². The van der Waals surface area contributed by atoms with Crippen molar-refractivity contribution >= 4 is 43.2 Å². The van der Waals surface area contributed by atoms with Crippen molar-refractivity contribution in [1.82, 2.24) is 4.98 Å². The Morgan fingerprint density at radius 1 is 1.10 bits per heavy atom. The Hall–Kier alpha value is -1.79. The number of nitrogens with two attached hydrogens (primary N) is 1. The number of fused-ring (bicyclic) bond motifs is 1. The van der Waals surface area contributed by atoms with Crippen LogP contribution in [0.25, 0.3) is 20.8 Å². The second-order valence-corrected chi connectivity index (χ2v) is 6.37. The first-order chi connectivity index (χ1) is 10.1. The van der Waals surface area contributed by atoms with Gasteiger partial charge in [-0.25, -0.2) is 4.98 Å². The maximum Gasteiger partial charge on any atom is 0.162 e. The minimum Gasteiger partial charge on any atom is -0.493 e. The molecule has 3 rings (SSSR count). The molecule has 21 heavy (non-hydrogen) atoms. The zero-order valence-electron chi connectivity index (χ0n) is 11.5. The van der Waals surface area contributed by atoms with E-state index in [1.807, 2.05) is 24.3 Å². The summed E-state index contributed by atoms with van der Waals surface area (Å²) in [6.07, 6.45) is 0. The largest absolute Gasteiger partial charge is 0.493 e. The van der Waals surface area contributed by atoms with Crippen LogP contribution in [0.15, 0.2) is 34.8 Å². The molecular weight excluding hydrogens is 352 g/mol. The van der Waals surface area contributed by atoms with Gasteiger partial charge >= 0.3 is 0 Å². The van der Waals surface area contributed by atoms with Gasteiger partial charge in [-0.15, -0.1) is 11.3 Å². The van der Waals surface area contributed by atoms with Crippen LogP contribution >= 0.6 is 27.3 Å². The van der Waals surface area contributed by atoms with Gasteiger partial charge in [0.15, 0.2) is 11.5 Å². The highest BCUT2D eigenvalue weighted by molar-refractivity contribution is 9.10. The zero-order valence-corrected chi connectivity index (χ0v) is 13.9. The Kier molecular flexibility index (Phi) is 3.73. The molecule has 0 bridgehead atoms. The SMILES string of the molecule is COc1cc(N)c(-c2nc3cc(Br)ccc3s2)cc1OC. The zero-order chi connectivity index (χ0) is 15.0. The third-order valence-corrected chi connectivity index (χ3v) is 4.70. The molecule has 1 aromatic heterocycles. The molecule has 0 saturated heterocycles. The molecule has 3 aromatic rings. The highest BCUT2D eigenvalue weighted by atomic mass is 79.9. The molecule has 0 atom stereocenters. The van der Waals surface area contributed by atoms with Gasteiger partial charge in [0.2, 0.25) is 0 Å². The van der Waals surface area contributed by atoms with Crippen LogP contribution in [-0.4, -0.2) is 19.2 Å². The molecule has 0 unspecified atom stereocenters. The summed E-state index contributed by atoms with van der Waals surface area (Å²) >= 11 is 5.06. The predicted molar refractivity (Wildman–Crippen MR) is 90.3 cm³/mol. The number of benzene rings is 2. The van der Waals surface area contributed by atoms with Crippen molar-refractivity contribution in [3.63, 3.8) is 0 Å². The monoisotopic (exact) mass is 364 g/mol. The molecule has 0 fully saturated rings. The molecule has 0 radical (unpaired) electrons. The number of halogens is 1. The van der Waals surface area contributed by atoms with Gasteiger partial charge in [0.05, 0.1) is 24.4 Å². The number of hydrogen-bond acceptors (Lipinski definition) is 5. The standard InChI is InChI=1S/C15H13BrN2O2S/c1-19-12-6-9(10(17)7-13(12)20-2)15-18-11-5-8(16)3-4-14(11)21-15/h3-7H,17H2,1-2H3. The molecule has 0 aliphatic heterocycles. The molecule has 0 aliphatic rings. The van der Waals surface area contributed by atoms with Gasteiger partial charge in [-0.3, -0.25) is 0 Å². The molecule has 2 aromatic carbocycles. The number of nitrogen functional groups attached to an aromatic ring is 1. The number of hydrogen-bond donors (Lipinski definition) is 1. The summed E-state index contributed by atoms with van der Waals surface area (Å²) in [4.78, 5) is 4.65. The molecule has 0 amide bonds. The first-order valence-corrected chi connectivity index (χ1v) is 7.81. The van der Waals surface area contributed by atoms with E-state index >= 15 is 0 Å². The van der Waals surface area contributed by atoms with Gasteiger partial charge < -0.3 is 15.2 Å². The van der Waals surface area contributed by atoms with Crippen LogP contribution in [0.3, 0.4) is 0 Å². The number of ether oxygens (including phenoxy) is 2. The van der Waals surface area contributed by atoms with Crippen LogP contribution < -0.4 is 15.2 Å². The van der Waals surface area contributed by atoms with Crippen LogP contribution in [0.4, 0.5) is 5.69 Å². The van der Waals surface area contributed by atoms with Crippen molar-refractivity contribution in [1.29, 1.82) is 0 Å². The summed E-state index contributed by atoms with van der Waals surface area (Å²) < 4.78 is 12.7. The summed E-state index contributed by atoms with van der Waals surface area (Å²) in [7, 11) is 3.19. The number of thiazole rings is 1. The van der Waals surface area contributed by atoms with Crippen LogP contribution in [0.2, 0.25) is 0 Å². The van der Waals surface area contributed by atoms with Gasteiger partial charge in [-0.05, 0) is 24.3 Å². The molecule has 4 nitrogen and oxygen atoms in total. The molecule has 0 spiro atoms. The van der Waals surface area contributed by atoms with Crippen LogP contribution in [0, 0.1) is 0 Å². The van der Waals surface area contributed by atoms with E-state index in [4.69, 9.17) is 15.2 Å². The number of anilines is 1. The fourth-order valence-corrected chi connectivity index (χ4v) is 3.43. The Morgan fingerprint density at radius 3 is 2.52 bits per heavy atom. The molecule has 0 aliphatic carbocycles. The molecule has 0 saturated carbocycles. The Labute approximate surface area is 134 Å². The summed E-state index contributed by atoms with van der Waals surface area (Å²) in [5.74, 6) is 1.25. The third-order valence-electron chi connectivity index (χ3n) is 3.14. The lowest BCUT2D eigenvalue weighted by atomic mass is 10.1. The van der Waals surface area contributed by atoms with Gasteiger partial charge in [0.1, 0.15) is 5.01 Å². The highest BCUT2D eigenvalue weighted by Gasteiger charge is 2.14. The molecule has 6 heteroatoms. The average molecular weight is 365 g/mol. The maximum absolute atomic E-state index is 6.13. The van der Waals surface area contributed by atoms with Crippen LogP contribution in [0.1, 0.15) is 0 Å². The normalized spacial score (nSPS) is 10.8. The topological polar surface area (TPSA) is 57.4 Å². The second-order valence-electron chi connectivity index (χ2n) is 4.43. The molecule has 108 valence electrons. The Bertz CT molecular complexity index is 817. The lowest BCUT2D eigenvalue weighted by Crippen LogP contribution is -1.95. The first-order valence-electron chi connectivity index (χ1n) is 6.20. The van der Waals surface area contributed by atoms with E-state index in [2.05, 4.69) is 20.9 Å². The number of rotatable bonds is 3. The van der Waals surface area contributed by atoms with Gasteiger partial charge in [-0.1, -0.05) is 15.9 Å². The van der Waals surface area contributed by atoms with Crippen molar-refractivity contribution in [3.8, 4) is 22.1 Å². The predicted octanol–water partition coefficient (Wildman–Crippen LogP) is 4.33. The second kappa shape index (κ2) is 5.54. The Balaban J connectivity index is 2.17. The van der Waals surface area contributed by atoms with Crippen molar-refractivity contribution < 1.29 is 9.47 Å². The van der Waals surface area contributed by atoms with Gasteiger partial charge in [0, 0.05) is 21.8 Å². The Morgan fingerprint density at radius 2 is 1.81 bits per heavy atom. The summed E-state index contributed by atoms with van der Waals surface area (Å²) in [6, 6.07) is 9.66. The van der Waals surface area contributed by atoms with E-state index in [9.17, 15) is 0 Å². The minimum absolute atomic E-state index is 0.614. The maximum atomic E-state index is 6.13. The lowest BCUT2D eigenvalue weighted by Gasteiger charge is -2.10. The van der Waals surface area contributed by atoms with E-state index in [0.29, 0.717) is 17.2 Å². The number of nitrogens with zero attached hydrogens (tertiary/aromatic N) is 1. The van der Waals surface area contributed by atoms with Gasteiger partial charge in [-0.2, -0.15) is 0 Å². The van der Waals surface area contributed by atoms with E-state index in [1.54, 1.807) is 31.6 Å². The van der Waals surface area contributed by atoms with E-state index in [-0.39, 0.29) is 0 Å². The van der Waals surface area contributed by atoms with Crippen molar-refractivity contribution in [2.24, 2.45) is 0 Å². The lowest BCUT2D eigenvalue weighted by molar-refractivity contribution is 0.355. The fourth-order valence-electron chi connectivity index (χ4n) is 2.10. The van der Waals surface area contributed by atoms with E-state index < -0.39 is 0 Å². The van der Waals surface area contributed by atoms with E-state index in [0.717, 1.165) is 25.3 Å². The summed E-state index contributed by atoms with van der Waals surface area (Å²) in [6.45, 7) is 0. The van der Waals surface area contributed by atoms with Crippen molar-refractivity contribution in [2.45, 2.75) is 0 Å². The van der Waals surface area contributed by atoms with E-state index in [1.165, 1.54) is 0 Å². The summed E-state index contributed by atoms with van der Waals surface area (Å²) in [5, 5.41) is 0.863. The van der Waals surface area contributed by atoms with Crippen LogP contribution in [0.5, 0.6) is 11.5 Å². The fraction of sp³-hybridized carbons (Fsp3) is 0.133. The number of aromatic nitrogens is 1. The first kappa shape index (κ1) is 14.2. The molecule has 1 heterocycles. The quantitative estimate of drug-likeness (QED) is 0.702. The number of methoxy groups -OCH3 is 2. The van der Waals surface area contributed by atoms with Crippen LogP contribution in [-0.2, 0) is 0 Å². The van der Waals surface area contributed by atoms with Crippen molar-refractivity contribution in [3.05, 3.63) is 34.8 Å². The smallest absolute Gasteiger partial charge is 0.162 e. The van der Waals surface area contributed by atoms with Crippen molar-refractivity contribution in [2.75, 3.05) is 20.0 Å². The molecule has 2 N–H and O–H groups in total. The highest BCUT2D eigenvalue weighted by Crippen LogP contribution is 2.40. The average Bonchev–Trinajstić information content (AvgIpc) is 2.89. The summed E-state index contributed by atoms with van der Waals surface area (Å²) in [5.41, 5.74) is 8.54.